The molecule has 0 radical (unpaired) electrons. The minimum Gasteiger partial charge on any atom is -0.369 e. The average molecular weight is 291 g/mol. The Morgan fingerprint density at radius 3 is 2.80 bits per heavy atom. The topological polar surface area (TPSA) is 35.2 Å². The molecule has 0 atom stereocenters. The van der Waals surface area contributed by atoms with Crippen molar-refractivity contribution in [1.82, 2.24) is 15.1 Å². The van der Waals surface area contributed by atoms with E-state index in [0.717, 1.165) is 49.9 Å². The molecule has 1 aliphatic heterocycles. The number of aromatic amines is 1. The van der Waals surface area contributed by atoms with Crippen LogP contribution < -0.4 is 4.90 Å². The third-order valence-electron chi connectivity index (χ3n) is 3.73. The van der Waals surface area contributed by atoms with Crippen molar-refractivity contribution in [2.75, 3.05) is 31.1 Å². The predicted molar refractivity (Wildman–Crippen MR) is 82.1 cm³/mol. The maximum Gasteiger partial charge on any atom is 0.0639 e. The van der Waals surface area contributed by atoms with Crippen LogP contribution in [0.1, 0.15) is 12.1 Å². The lowest BCUT2D eigenvalue weighted by molar-refractivity contribution is 0.282. The number of hydrogen-bond acceptors (Lipinski definition) is 3. The van der Waals surface area contributed by atoms with Gasteiger partial charge in [-0.1, -0.05) is 23.7 Å². The quantitative estimate of drug-likeness (QED) is 0.944. The van der Waals surface area contributed by atoms with Crippen molar-refractivity contribution in [1.29, 1.82) is 0 Å². The number of anilines is 1. The molecular weight excluding hydrogens is 272 g/mol. The Hall–Kier alpha value is -1.52. The van der Waals surface area contributed by atoms with Gasteiger partial charge in [-0.2, -0.15) is 5.10 Å². The lowest BCUT2D eigenvalue weighted by Crippen LogP contribution is -2.30. The van der Waals surface area contributed by atoms with E-state index in [1.165, 1.54) is 5.69 Å². The summed E-state index contributed by atoms with van der Waals surface area (Å²) in [6.07, 6.45) is 2.96. The molecule has 0 aliphatic carbocycles. The van der Waals surface area contributed by atoms with Gasteiger partial charge in [0.1, 0.15) is 0 Å². The Bertz CT molecular complexity index is 541. The highest BCUT2D eigenvalue weighted by Crippen LogP contribution is 2.26. The van der Waals surface area contributed by atoms with Gasteiger partial charge in [0.05, 0.1) is 10.7 Å². The van der Waals surface area contributed by atoms with E-state index in [9.17, 15) is 0 Å². The zero-order chi connectivity index (χ0) is 13.8. The van der Waals surface area contributed by atoms with Gasteiger partial charge >= 0.3 is 0 Å². The number of rotatable bonds is 3. The van der Waals surface area contributed by atoms with Gasteiger partial charge in [0.25, 0.3) is 0 Å². The minimum atomic E-state index is 0.842. The Labute approximate surface area is 124 Å². The summed E-state index contributed by atoms with van der Waals surface area (Å²) in [6, 6.07) is 10.1. The average Bonchev–Trinajstić information content (AvgIpc) is 2.85. The number of H-pyrrole nitrogens is 1. The van der Waals surface area contributed by atoms with E-state index in [2.05, 4.69) is 32.1 Å². The first kappa shape index (κ1) is 13.5. The molecule has 0 unspecified atom stereocenters. The summed E-state index contributed by atoms with van der Waals surface area (Å²) in [5.41, 5.74) is 2.33. The number of hydrogen-bond donors (Lipinski definition) is 1. The normalized spacial score (nSPS) is 17.1. The highest BCUT2D eigenvalue weighted by atomic mass is 35.5. The van der Waals surface area contributed by atoms with Crippen LogP contribution in [0.5, 0.6) is 0 Å². The van der Waals surface area contributed by atoms with Gasteiger partial charge in [-0.15, -0.1) is 0 Å². The molecule has 4 nitrogen and oxygen atoms in total. The lowest BCUT2D eigenvalue weighted by Gasteiger charge is -2.24. The van der Waals surface area contributed by atoms with Gasteiger partial charge in [-0.05, 0) is 24.6 Å². The zero-order valence-electron chi connectivity index (χ0n) is 11.4. The van der Waals surface area contributed by atoms with Crippen molar-refractivity contribution in [3.05, 3.63) is 47.2 Å². The third-order valence-corrected chi connectivity index (χ3v) is 4.05. The van der Waals surface area contributed by atoms with Crippen molar-refractivity contribution < 1.29 is 0 Å². The van der Waals surface area contributed by atoms with Crippen LogP contribution in [0.4, 0.5) is 5.69 Å². The van der Waals surface area contributed by atoms with Crippen molar-refractivity contribution in [2.45, 2.75) is 13.0 Å². The first-order chi connectivity index (χ1) is 9.83. The van der Waals surface area contributed by atoms with Crippen molar-refractivity contribution >= 4 is 17.3 Å². The monoisotopic (exact) mass is 290 g/mol. The van der Waals surface area contributed by atoms with Crippen molar-refractivity contribution in [3.8, 4) is 0 Å². The van der Waals surface area contributed by atoms with Gasteiger partial charge in [0.15, 0.2) is 0 Å². The highest BCUT2D eigenvalue weighted by molar-refractivity contribution is 6.33. The summed E-state index contributed by atoms with van der Waals surface area (Å²) in [4.78, 5) is 4.85. The molecule has 3 rings (SSSR count). The molecule has 0 saturated carbocycles. The molecule has 20 heavy (non-hydrogen) atoms. The summed E-state index contributed by atoms with van der Waals surface area (Å²) in [5, 5.41) is 7.88. The van der Waals surface area contributed by atoms with E-state index >= 15 is 0 Å². The summed E-state index contributed by atoms with van der Waals surface area (Å²) in [5.74, 6) is 0. The Balaban J connectivity index is 1.63. The fraction of sp³-hybridized carbons (Fsp3) is 0.400. The van der Waals surface area contributed by atoms with Crippen LogP contribution in [0.25, 0.3) is 0 Å². The second-order valence-electron chi connectivity index (χ2n) is 5.15. The van der Waals surface area contributed by atoms with Gasteiger partial charge < -0.3 is 4.90 Å². The van der Waals surface area contributed by atoms with Gasteiger partial charge in [0.2, 0.25) is 0 Å². The Morgan fingerprint density at radius 2 is 2.00 bits per heavy atom. The fourth-order valence-corrected chi connectivity index (χ4v) is 2.95. The van der Waals surface area contributed by atoms with Crippen LogP contribution in [0, 0.1) is 0 Å². The summed E-state index contributed by atoms with van der Waals surface area (Å²) in [7, 11) is 0. The summed E-state index contributed by atoms with van der Waals surface area (Å²) < 4.78 is 0. The molecule has 2 aromatic rings. The standard InChI is InChI=1S/C15H19ClN4/c16-14-4-1-2-5-15(14)20-9-3-8-19(10-11-20)12-13-6-7-17-18-13/h1-2,4-7H,3,8-12H2,(H,17,18). The summed E-state index contributed by atoms with van der Waals surface area (Å²) >= 11 is 6.29. The minimum absolute atomic E-state index is 0.842. The van der Waals surface area contributed by atoms with Crippen LogP contribution >= 0.6 is 11.6 Å². The molecule has 1 N–H and O–H groups in total. The molecule has 2 heterocycles. The molecule has 1 aromatic heterocycles. The zero-order valence-corrected chi connectivity index (χ0v) is 12.2. The summed E-state index contributed by atoms with van der Waals surface area (Å²) in [6.45, 7) is 5.17. The fourth-order valence-electron chi connectivity index (χ4n) is 2.69. The van der Waals surface area contributed by atoms with Crippen LogP contribution in [0.15, 0.2) is 36.5 Å². The molecule has 1 aliphatic rings. The molecule has 0 amide bonds. The molecule has 1 saturated heterocycles. The van der Waals surface area contributed by atoms with Crippen molar-refractivity contribution in [2.24, 2.45) is 0 Å². The number of aromatic nitrogens is 2. The van der Waals surface area contributed by atoms with E-state index < -0.39 is 0 Å². The number of nitrogens with zero attached hydrogens (tertiary/aromatic N) is 3. The first-order valence-corrected chi connectivity index (χ1v) is 7.41. The van der Waals surface area contributed by atoms with Gasteiger partial charge in [-0.3, -0.25) is 10.00 Å². The molecular formula is C15H19ClN4. The van der Waals surface area contributed by atoms with Crippen LogP contribution in [-0.2, 0) is 6.54 Å². The van der Waals surface area contributed by atoms with Gasteiger partial charge in [-0.25, -0.2) is 0 Å². The lowest BCUT2D eigenvalue weighted by atomic mass is 10.2. The largest absolute Gasteiger partial charge is 0.369 e. The van der Waals surface area contributed by atoms with Crippen molar-refractivity contribution in [3.63, 3.8) is 0 Å². The van der Waals surface area contributed by atoms with E-state index in [0.29, 0.717) is 0 Å². The van der Waals surface area contributed by atoms with E-state index in [-0.39, 0.29) is 0 Å². The number of nitrogens with one attached hydrogen (secondary N) is 1. The molecule has 5 heteroatoms. The molecule has 0 spiro atoms. The third kappa shape index (κ3) is 3.14. The Kier molecular flexibility index (Phi) is 4.23. The number of para-hydroxylation sites is 1. The van der Waals surface area contributed by atoms with Crippen LogP contribution in [-0.4, -0.2) is 41.3 Å². The van der Waals surface area contributed by atoms with E-state index in [1.54, 1.807) is 0 Å². The van der Waals surface area contributed by atoms with Crippen LogP contribution in [0.3, 0.4) is 0 Å². The smallest absolute Gasteiger partial charge is 0.0639 e. The second kappa shape index (κ2) is 6.29. The van der Waals surface area contributed by atoms with Gasteiger partial charge in [0, 0.05) is 44.6 Å². The first-order valence-electron chi connectivity index (χ1n) is 7.03. The maximum atomic E-state index is 6.29. The molecule has 1 aromatic carbocycles. The maximum absolute atomic E-state index is 6.29. The molecule has 1 fully saturated rings. The van der Waals surface area contributed by atoms with E-state index in [1.807, 2.05) is 24.4 Å². The number of benzene rings is 1. The Morgan fingerprint density at radius 1 is 1.10 bits per heavy atom. The highest BCUT2D eigenvalue weighted by Gasteiger charge is 2.17. The molecule has 0 bridgehead atoms. The number of halogens is 1. The second-order valence-corrected chi connectivity index (χ2v) is 5.56. The molecule has 106 valence electrons. The predicted octanol–water partition coefficient (Wildman–Crippen LogP) is 2.78. The van der Waals surface area contributed by atoms with Crippen LogP contribution in [0.2, 0.25) is 5.02 Å². The van der Waals surface area contributed by atoms with E-state index in [4.69, 9.17) is 11.6 Å². The SMILES string of the molecule is Clc1ccccc1N1CCCN(Cc2ccn[nH]2)CC1.